The number of nitrogens with zero attached hydrogens (tertiary/aromatic N) is 4. The number of aromatic amines is 2. The van der Waals surface area contributed by atoms with Crippen LogP contribution in [0.2, 0.25) is 5.02 Å². The van der Waals surface area contributed by atoms with E-state index in [9.17, 15) is 4.79 Å². The number of aldehydes is 1. The standard InChI is InChI=1S/C11H12N4.C10H9ClN2O.C2H7N/c1-3-7-4-12-11-9(7)10-8(5-13-11)6-14-15(10)2;1-2-6-3-12-10-8(6)9(11)7(5-14)4-13-10;1-2-3/h4-6,14H,3H2,1-2H3;3-5H,2H2,1H3,(H,12,13);2-3H2,1H3. The van der Waals surface area contributed by atoms with E-state index in [0.717, 1.165) is 53.3 Å². The summed E-state index contributed by atoms with van der Waals surface area (Å²) in [6, 6.07) is 0. The van der Waals surface area contributed by atoms with Gasteiger partial charge in [-0.25, -0.2) is 15.0 Å². The SMILES string of the molecule is CCN.CCc1c[nH]c2ncc(C=O)c(Cl)c12.CCc1cnc2ncc3c[nH]n(C)c3c12. The molecule has 5 heterocycles. The summed E-state index contributed by atoms with van der Waals surface area (Å²) < 4.78 is 2.01. The number of hydrogen-bond acceptors (Lipinski definition) is 5. The van der Waals surface area contributed by atoms with Gasteiger partial charge in [0.15, 0.2) is 11.9 Å². The number of rotatable bonds is 3. The Balaban J connectivity index is 0.000000162. The van der Waals surface area contributed by atoms with Gasteiger partial charge in [0, 0.05) is 54.2 Å². The van der Waals surface area contributed by atoms with Crippen molar-refractivity contribution in [1.82, 2.24) is 29.7 Å². The topological polar surface area (TPSA) is 118 Å². The number of nitrogens with two attached hydrogens (primary N) is 1. The lowest BCUT2D eigenvalue weighted by atomic mass is 10.1. The molecule has 5 aromatic rings. The van der Waals surface area contributed by atoms with E-state index in [0.29, 0.717) is 10.6 Å². The third-order valence-corrected chi connectivity index (χ3v) is 5.52. The lowest BCUT2D eigenvalue weighted by Crippen LogP contribution is -1.91. The highest BCUT2D eigenvalue weighted by Gasteiger charge is 2.12. The minimum Gasteiger partial charge on any atom is -0.346 e. The van der Waals surface area contributed by atoms with E-state index < -0.39 is 0 Å². The van der Waals surface area contributed by atoms with Crippen LogP contribution in [0.4, 0.5) is 0 Å². The summed E-state index contributed by atoms with van der Waals surface area (Å²) in [5.74, 6) is 0. The molecule has 0 aliphatic rings. The predicted molar refractivity (Wildman–Crippen MR) is 130 cm³/mol. The van der Waals surface area contributed by atoms with E-state index in [1.165, 1.54) is 22.7 Å². The van der Waals surface area contributed by atoms with Crippen molar-refractivity contribution in [2.45, 2.75) is 33.6 Å². The summed E-state index contributed by atoms with van der Waals surface area (Å²) in [5.41, 5.74) is 10.4. The summed E-state index contributed by atoms with van der Waals surface area (Å²) >= 11 is 6.08. The number of hydrogen-bond donors (Lipinski definition) is 3. The second-order valence-corrected chi connectivity index (χ2v) is 7.55. The molecule has 4 N–H and O–H groups in total. The Morgan fingerprint density at radius 1 is 1.03 bits per heavy atom. The number of carbonyl (C=O) groups excluding carboxylic acids is 1. The third-order valence-electron chi connectivity index (χ3n) is 5.11. The Hall–Kier alpha value is -3.23. The number of aryl methyl sites for hydroxylation is 3. The van der Waals surface area contributed by atoms with Crippen LogP contribution in [-0.4, -0.2) is 42.5 Å². The molecule has 0 bridgehead atoms. The molecule has 0 saturated carbocycles. The molecular weight excluding hydrogens is 426 g/mol. The molecule has 0 amide bonds. The Bertz CT molecular complexity index is 1350. The van der Waals surface area contributed by atoms with Gasteiger partial charge in [-0.2, -0.15) is 0 Å². The van der Waals surface area contributed by atoms with Crippen molar-refractivity contribution in [2.75, 3.05) is 6.54 Å². The number of fused-ring (bicyclic) bond motifs is 4. The fourth-order valence-electron chi connectivity index (χ4n) is 3.56. The number of halogens is 1. The highest BCUT2D eigenvalue weighted by molar-refractivity contribution is 6.37. The van der Waals surface area contributed by atoms with E-state index in [4.69, 9.17) is 17.3 Å². The van der Waals surface area contributed by atoms with E-state index in [-0.39, 0.29) is 0 Å². The minimum absolute atomic E-state index is 0.438. The van der Waals surface area contributed by atoms with Gasteiger partial charge in [-0.1, -0.05) is 32.4 Å². The van der Waals surface area contributed by atoms with Crippen LogP contribution >= 0.6 is 11.6 Å². The Morgan fingerprint density at radius 2 is 1.72 bits per heavy atom. The summed E-state index contributed by atoms with van der Waals surface area (Å²) in [6.45, 7) is 6.83. The first-order valence-electron chi connectivity index (χ1n) is 10.6. The molecule has 0 fully saturated rings. The summed E-state index contributed by atoms with van der Waals surface area (Å²) in [6.07, 6.45) is 11.7. The molecule has 168 valence electrons. The zero-order chi connectivity index (χ0) is 23.3. The second kappa shape index (κ2) is 10.4. The molecular formula is C23H28ClN7O. The van der Waals surface area contributed by atoms with Gasteiger partial charge in [0.2, 0.25) is 0 Å². The highest BCUT2D eigenvalue weighted by Crippen LogP contribution is 2.28. The maximum atomic E-state index is 10.7. The Morgan fingerprint density at radius 3 is 2.38 bits per heavy atom. The number of H-pyrrole nitrogens is 2. The van der Waals surface area contributed by atoms with Gasteiger partial charge >= 0.3 is 0 Å². The lowest BCUT2D eigenvalue weighted by Gasteiger charge is -1.99. The van der Waals surface area contributed by atoms with Crippen molar-refractivity contribution < 1.29 is 4.79 Å². The maximum Gasteiger partial charge on any atom is 0.161 e. The second-order valence-electron chi connectivity index (χ2n) is 7.17. The molecule has 0 unspecified atom stereocenters. The smallest absolute Gasteiger partial charge is 0.161 e. The van der Waals surface area contributed by atoms with Crippen LogP contribution in [-0.2, 0) is 19.9 Å². The zero-order valence-electron chi connectivity index (χ0n) is 18.7. The lowest BCUT2D eigenvalue weighted by molar-refractivity contribution is 0.112. The molecule has 5 rings (SSSR count). The normalized spacial score (nSPS) is 10.7. The average Bonchev–Trinajstić information content (AvgIpc) is 3.51. The van der Waals surface area contributed by atoms with E-state index in [2.05, 4.69) is 32.0 Å². The van der Waals surface area contributed by atoms with Crippen LogP contribution in [0.5, 0.6) is 0 Å². The summed E-state index contributed by atoms with van der Waals surface area (Å²) in [4.78, 5) is 26.5. The van der Waals surface area contributed by atoms with E-state index in [1.54, 1.807) is 0 Å². The number of aromatic nitrogens is 6. The highest BCUT2D eigenvalue weighted by atomic mass is 35.5. The molecule has 0 atom stereocenters. The first-order valence-corrected chi connectivity index (χ1v) is 10.9. The number of carbonyl (C=O) groups is 1. The van der Waals surface area contributed by atoms with Gasteiger partial charge < -0.3 is 15.8 Å². The van der Waals surface area contributed by atoms with Crippen LogP contribution in [0.25, 0.3) is 33.0 Å². The first kappa shape index (κ1) is 23.4. The van der Waals surface area contributed by atoms with Gasteiger partial charge in [0.05, 0.1) is 16.1 Å². The number of nitrogens with one attached hydrogen (secondary N) is 2. The van der Waals surface area contributed by atoms with Crippen LogP contribution in [0.15, 0.2) is 31.0 Å². The fourth-order valence-corrected chi connectivity index (χ4v) is 3.87. The van der Waals surface area contributed by atoms with Crippen LogP contribution in [0.3, 0.4) is 0 Å². The zero-order valence-corrected chi connectivity index (χ0v) is 19.5. The third kappa shape index (κ3) is 4.37. The van der Waals surface area contributed by atoms with Crippen molar-refractivity contribution in [1.29, 1.82) is 0 Å². The average molecular weight is 454 g/mol. The molecule has 0 saturated heterocycles. The molecule has 0 spiro atoms. The molecule has 0 aliphatic carbocycles. The minimum atomic E-state index is 0.438. The Kier molecular flexibility index (Phi) is 7.61. The maximum absolute atomic E-state index is 10.7. The van der Waals surface area contributed by atoms with Gasteiger partial charge in [-0.3, -0.25) is 9.48 Å². The predicted octanol–water partition coefficient (Wildman–Crippen LogP) is 4.57. The molecule has 0 radical (unpaired) electrons. The summed E-state index contributed by atoms with van der Waals surface area (Å²) in [5, 5.41) is 6.82. The van der Waals surface area contributed by atoms with E-state index in [1.807, 2.05) is 50.4 Å². The van der Waals surface area contributed by atoms with Crippen molar-refractivity contribution in [2.24, 2.45) is 12.8 Å². The van der Waals surface area contributed by atoms with Crippen molar-refractivity contribution in [3.63, 3.8) is 0 Å². The fraction of sp³-hybridized carbons (Fsp3) is 0.304. The molecule has 8 nitrogen and oxygen atoms in total. The first-order chi connectivity index (χ1) is 15.5. The van der Waals surface area contributed by atoms with Gasteiger partial charge in [0.25, 0.3) is 0 Å². The quantitative estimate of drug-likeness (QED) is 0.346. The monoisotopic (exact) mass is 453 g/mol. The largest absolute Gasteiger partial charge is 0.346 e. The van der Waals surface area contributed by atoms with Crippen molar-refractivity contribution >= 4 is 50.9 Å². The molecule has 5 aromatic heterocycles. The molecule has 0 aliphatic heterocycles. The van der Waals surface area contributed by atoms with Crippen LogP contribution in [0, 0.1) is 0 Å². The number of pyridine rings is 2. The summed E-state index contributed by atoms with van der Waals surface area (Å²) in [7, 11) is 2.01. The van der Waals surface area contributed by atoms with Crippen molar-refractivity contribution in [3.05, 3.63) is 52.7 Å². The molecule has 0 aromatic carbocycles. The van der Waals surface area contributed by atoms with Crippen LogP contribution < -0.4 is 5.73 Å². The van der Waals surface area contributed by atoms with Crippen molar-refractivity contribution in [3.8, 4) is 0 Å². The van der Waals surface area contributed by atoms with Gasteiger partial charge in [0.1, 0.15) is 5.65 Å². The Labute approximate surface area is 191 Å². The van der Waals surface area contributed by atoms with Gasteiger partial charge in [-0.15, -0.1) is 0 Å². The van der Waals surface area contributed by atoms with E-state index >= 15 is 0 Å². The van der Waals surface area contributed by atoms with Gasteiger partial charge in [-0.05, 0) is 30.5 Å². The molecule has 9 heteroatoms. The molecule has 32 heavy (non-hydrogen) atoms. The van der Waals surface area contributed by atoms with Crippen LogP contribution in [0.1, 0.15) is 42.3 Å².